The predicted molar refractivity (Wildman–Crippen MR) is 76.1 cm³/mol. The molecule has 2 rings (SSSR count). The molecule has 1 saturated heterocycles. The highest BCUT2D eigenvalue weighted by Gasteiger charge is 2.23. The largest absolute Gasteiger partial charge is 0.347 e. The second-order valence-corrected chi connectivity index (χ2v) is 5.58. The molecule has 1 unspecified atom stereocenters. The maximum atomic E-state index is 5.40. The fourth-order valence-electron chi connectivity index (χ4n) is 1.77. The number of nitrogens with zero attached hydrogens (tertiary/aromatic N) is 5. The van der Waals surface area contributed by atoms with Crippen molar-refractivity contribution in [3.05, 3.63) is 0 Å². The Bertz CT molecular complexity index is 405. The first-order valence-electron chi connectivity index (χ1n) is 5.82. The molecule has 1 fully saturated rings. The molecule has 0 bridgehead atoms. The predicted octanol–water partition coefficient (Wildman–Crippen LogP) is 0.165. The summed E-state index contributed by atoms with van der Waals surface area (Å²) in [7, 11) is 5.81. The molecular weight excluding hydrogens is 250 g/mol. The molecule has 1 aromatic heterocycles. The number of thioether (sulfide) groups is 1. The standard InChI is InChI=1S/C10H19N7S/c1-16(2)9-12-8(15-11)13-10(14-9)17(3)7-4-5-18-6-7/h7H,4-6,11H2,1-3H3,(H,12,13,14,15). The number of hydrazine groups is 1. The molecule has 0 amide bonds. The van der Waals surface area contributed by atoms with Crippen LogP contribution in [-0.2, 0) is 0 Å². The highest BCUT2D eigenvalue weighted by molar-refractivity contribution is 7.99. The van der Waals surface area contributed by atoms with Gasteiger partial charge < -0.3 is 9.80 Å². The zero-order valence-corrected chi connectivity index (χ0v) is 11.7. The number of nitrogens with two attached hydrogens (primary N) is 1. The van der Waals surface area contributed by atoms with Crippen LogP contribution in [-0.4, -0.2) is 53.6 Å². The first-order valence-corrected chi connectivity index (χ1v) is 6.98. The SMILES string of the molecule is CN(C)c1nc(NN)nc(N(C)C2CCSC2)n1. The van der Waals surface area contributed by atoms with Crippen molar-refractivity contribution in [1.29, 1.82) is 0 Å². The average molecular weight is 269 g/mol. The minimum atomic E-state index is 0.390. The van der Waals surface area contributed by atoms with E-state index in [-0.39, 0.29) is 0 Å². The van der Waals surface area contributed by atoms with Crippen molar-refractivity contribution in [3.8, 4) is 0 Å². The number of aromatic nitrogens is 3. The summed E-state index contributed by atoms with van der Waals surface area (Å²) in [5.41, 5.74) is 2.49. The van der Waals surface area contributed by atoms with E-state index < -0.39 is 0 Å². The van der Waals surface area contributed by atoms with Gasteiger partial charge in [-0.3, -0.25) is 5.43 Å². The van der Waals surface area contributed by atoms with Gasteiger partial charge in [-0.15, -0.1) is 0 Å². The van der Waals surface area contributed by atoms with Crippen molar-refractivity contribution in [2.75, 3.05) is 47.9 Å². The number of hydrogen-bond acceptors (Lipinski definition) is 8. The van der Waals surface area contributed by atoms with Crippen molar-refractivity contribution >= 4 is 29.6 Å². The number of nitrogens with one attached hydrogen (secondary N) is 1. The van der Waals surface area contributed by atoms with E-state index in [2.05, 4.69) is 25.3 Å². The van der Waals surface area contributed by atoms with Crippen LogP contribution in [0.2, 0.25) is 0 Å². The minimum Gasteiger partial charge on any atom is -0.347 e. The highest BCUT2D eigenvalue weighted by Crippen LogP contribution is 2.24. The van der Waals surface area contributed by atoms with Crippen LogP contribution in [0.3, 0.4) is 0 Å². The van der Waals surface area contributed by atoms with Gasteiger partial charge in [-0.1, -0.05) is 0 Å². The lowest BCUT2D eigenvalue weighted by atomic mass is 10.2. The Morgan fingerprint density at radius 2 is 1.94 bits per heavy atom. The van der Waals surface area contributed by atoms with Crippen LogP contribution in [0.15, 0.2) is 0 Å². The van der Waals surface area contributed by atoms with E-state index in [4.69, 9.17) is 5.84 Å². The molecule has 0 saturated carbocycles. The molecule has 0 radical (unpaired) electrons. The van der Waals surface area contributed by atoms with Gasteiger partial charge in [0.25, 0.3) is 0 Å². The number of rotatable bonds is 4. The van der Waals surface area contributed by atoms with Gasteiger partial charge in [0.2, 0.25) is 17.8 Å². The van der Waals surface area contributed by atoms with Crippen molar-refractivity contribution in [2.24, 2.45) is 5.84 Å². The van der Waals surface area contributed by atoms with Crippen LogP contribution < -0.4 is 21.1 Å². The quantitative estimate of drug-likeness (QED) is 0.591. The van der Waals surface area contributed by atoms with E-state index in [1.165, 1.54) is 5.75 Å². The summed E-state index contributed by atoms with van der Waals surface area (Å²) < 4.78 is 0. The average Bonchev–Trinajstić information content (AvgIpc) is 2.91. The summed E-state index contributed by atoms with van der Waals surface area (Å²) in [5.74, 6) is 9.36. The van der Waals surface area contributed by atoms with E-state index in [0.29, 0.717) is 23.9 Å². The van der Waals surface area contributed by atoms with E-state index >= 15 is 0 Å². The van der Waals surface area contributed by atoms with Crippen molar-refractivity contribution in [2.45, 2.75) is 12.5 Å². The molecule has 8 heteroatoms. The summed E-state index contributed by atoms with van der Waals surface area (Å²) in [5, 5.41) is 0. The Hall–Kier alpha value is -1.28. The maximum Gasteiger partial charge on any atom is 0.243 e. The molecule has 3 N–H and O–H groups in total. The van der Waals surface area contributed by atoms with Crippen molar-refractivity contribution in [1.82, 2.24) is 15.0 Å². The summed E-state index contributed by atoms with van der Waals surface area (Å²) in [6.45, 7) is 0. The molecule has 7 nitrogen and oxygen atoms in total. The van der Waals surface area contributed by atoms with Gasteiger partial charge in [0.05, 0.1) is 0 Å². The molecule has 18 heavy (non-hydrogen) atoms. The molecule has 1 aliphatic rings. The van der Waals surface area contributed by atoms with Gasteiger partial charge in [0.1, 0.15) is 0 Å². The summed E-state index contributed by atoms with van der Waals surface area (Å²) in [6, 6.07) is 0.484. The van der Waals surface area contributed by atoms with E-state index in [1.807, 2.05) is 37.8 Å². The topological polar surface area (TPSA) is 83.2 Å². The Balaban J connectivity index is 2.27. The number of nitrogen functional groups attached to an aromatic ring is 1. The van der Waals surface area contributed by atoms with Crippen molar-refractivity contribution < 1.29 is 0 Å². The molecule has 2 heterocycles. The lowest BCUT2D eigenvalue weighted by molar-refractivity contribution is 0.678. The van der Waals surface area contributed by atoms with Gasteiger partial charge in [0.15, 0.2) is 0 Å². The van der Waals surface area contributed by atoms with Crippen LogP contribution in [0, 0.1) is 0 Å². The lowest BCUT2D eigenvalue weighted by Gasteiger charge is -2.24. The van der Waals surface area contributed by atoms with Gasteiger partial charge >= 0.3 is 0 Å². The zero-order valence-electron chi connectivity index (χ0n) is 10.9. The Morgan fingerprint density at radius 3 is 2.50 bits per heavy atom. The third-order valence-electron chi connectivity index (χ3n) is 2.91. The smallest absolute Gasteiger partial charge is 0.243 e. The number of anilines is 3. The fraction of sp³-hybridized carbons (Fsp3) is 0.700. The van der Waals surface area contributed by atoms with E-state index in [0.717, 1.165) is 12.2 Å². The Morgan fingerprint density at radius 1 is 1.22 bits per heavy atom. The van der Waals surface area contributed by atoms with E-state index in [1.54, 1.807) is 0 Å². The van der Waals surface area contributed by atoms with Gasteiger partial charge in [0, 0.05) is 32.9 Å². The molecule has 1 aromatic rings. The molecule has 0 aliphatic carbocycles. The van der Waals surface area contributed by atoms with Crippen LogP contribution in [0.1, 0.15) is 6.42 Å². The zero-order chi connectivity index (χ0) is 13.1. The first-order chi connectivity index (χ1) is 8.61. The fourth-order valence-corrected chi connectivity index (χ4v) is 3.03. The molecular formula is C10H19N7S. The Kier molecular flexibility index (Phi) is 4.07. The van der Waals surface area contributed by atoms with Crippen LogP contribution >= 0.6 is 11.8 Å². The minimum absolute atomic E-state index is 0.390. The van der Waals surface area contributed by atoms with Crippen molar-refractivity contribution in [3.63, 3.8) is 0 Å². The lowest BCUT2D eigenvalue weighted by Crippen LogP contribution is -2.33. The van der Waals surface area contributed by atoms with E-state index in [9.17, 15) is 0 Å². The normalized spacial score (nSPS) is 18.8. The van der Waals surface area contributed by atoms with Crippen LogP contribution in [0.5, 0.6) is 0 Å². The van der Waals surface area contributed by atoms with Gasteiger partial charge in [-0.25, -0.2) is 5.84 Å². The second-order valence-electron chi connectivity index (χ2n) is 4.43. The monoisotopic (exact) mass is 269 g/mol. The molecule has 0 spiro atoms. The summed E-state index contributed by atoms with van der Waals surface area (Å²) in [6.07, 6.45) is 1.16. The van der Waals surface area contributed by atoms with Crippen LogP contribution in [0.25, 0.3) is 0 Å². The second kappa shape index (κ2) is 5.57. The van der Waals surface area contributed by atoms with Crippen LogP contribution in [0.4, 0.5) is 17.8 Å². The molecule has 100 valence electrons. The first kappa shape index (κ1) is 13.2. The molecule has 1 atom stereocenters. The highest BCUT2D eigenvalue weighted by atomic mass is 32.2. The molecule has 1 aliphatic heterocycles. The summed E-state index contributed by atoms with van der Waals surface area (Å²) in [4.78, 5) is 16.9. The van der Waals surface area contributed by atoms with Gasteiger partial charge in [-0.2, -0.15) is 26.7 Å². The maximum absolute atomic E-state index is 5.40. The molecule has 0 aromatic carbocycles. The summed E-state index contributed by atoms with van der Waals surface area (Å²) >= 11 is 1.96. The third-order valence-corrected chi connectivity index (χ3v) is 4.05. The third kappa shape index (κ3) is 2.75. The van der Waals surface area contributed by atoms with Gasteiger partial charge in [-0.05, 0) is 12.2 Å². The number of hydrogen-bond donors (Lipinski definition) is 2. The Labute approximate surface area is 111 Å².